The highest BCUT2D eigenvalue weighted by molar-refractivity contribution is 8.18. The fourth-order valence-electron chi connectivity index (χ4n) is 3.00. The third-order valence-electron chi connectivity index (χ3n) is 4.65. The Morgan fingerprint density at radius 1 is 1.07 bits per heavy atom. The van der Waals surface area contributed by atoms with Crippen molar-refractivity contribution in [3.05, 3.63) is 64.3 Å². The molecule has 1 heterocycles. The number of ether oxygens (including phenoxy) is 2. The Bertz CT molecular complexity index is 943. The van der Waals surface area contributed by atoms with Gasteiger partial charge < -0.3 is 9.47 Å². The lowest BCUT2D eigenvalue weighted by Gasteiger charge is -2.12. The van der Waals surface area contributed by atoms with Crippen LogP contribution in [0.3, 0.4) is 0 Å². The summed E-state index contributed by atoms with van der Waals surface area (Å²) < 4.78 is 24.2. The molecule has 0 aromatic heterocycles. The number of imide groups is 1. The van der Waals surface area contributed by atoms with E-state index >= 15 is 0 Å². The van der Waals surface area contributed by atoms with E-state index in [1.807, 2.05) is 0 Å². The van der Waals surface area contributed by atoms with Gasteiger partial charge in [0.15, 0.2) is 11.5 Å². The van der Waals surface area contributed by atoms with E-state index in [2.05, 4.69) is 6.92 Å². The van der Waals surface area contributed by atoms with Crippen molar-refractivity contribution in [2.24, 2.45) is 0 Å². The second kappa shape index (κ2) is 10.3. The molecular weight excluding hydrogens is 405 g/mol. The van der Waals surface area contributed by atoms with Crippen molar-refractivity contribution in [2.45, 2.75) is 32.8 Å². The van der Waals surface area contributed by atoms with Gasteiger partial charge >= 0.3 is 0 Å². The molecule has 5 nitrogen and oxygen atoms in total. The molecule has 1 saturated heterocycles. The topological polar surface area (TPSA) is 55.8 Å². The maximum Gasteiger partial charge on any atom is 0.293 e. The summed E-state index contributed by atoms with van der Waals surface area (Å²) in [5, 5.41) is -0.228. The minimum Gasteiger partial charge on any atom is -0.493 e. The Morgan fingerprint density at radius 3 is 2.53 bits per heavy atom. The van der Waals surface area contributed by atoms with Gasteiger partial charge in [-0.05, 0) is 59.7 Å². The van der Waals surface area contributed by atoms with E-state index in [1.54, 1.807) is 36.4 Å². The van der Waals surface area contributed by atoms with Crippen LogP contribution in [-0.2, 0) is 11.4 Å². The van der Waals surface area contributed by atoms with Gasteiger partial charge in [-0.1, -0.05) is 38.0 Å². The number of carbonyl (C=O) groups is 2. The summed E-state index contributed by atoms with van der Waals surface area (Å²) in [6.07, 6.45) is 4.52. The highest BCUT2D eigenvalue weighted by atomic mass is 32.2. The van der Waals surface area contributed by atoms with E-state index in [0.29, 0.717) is 22.9 Å². The summed E-state index contributed by atoms with van der Waals surface area (Å²) in [5.41, 5.74) is 1.57. The molecule has 7 heteroatoms. The molecule has 30 heavy (non-hydrogen) atoms. The van der Waals surface area contributed by atoms with Crippen LogP contribution in [0.15, 0.2) is 47.4 Å². The van der Waals surface area contributed by atoms with Gasteiger partial charge in [0.25, 0.3) is 11.1 Å². The zero-order chi connectivity index (χ0) is 21.5. The van der Waals surface area contributed by atoms with E-state index < -0.39 is 0 Å². The molecule has 158 valence electrons. The molecule has 0 aliphatic carbocycles. The van der Waals surface area contributed by atoms with Gasteiger partial charge in [0.2, 0.25) is 0 Å². The van der Waals surface area contributed by atoms with Crippen LogP contribution >= 0.6 is 11.8 Å². The first-order chi connectivity index (χ1) is 14.5. The van der Waals surface area contributed by atoms with Crippen molar-refractivity contribution in [3.63, 3.8) is 0 Å². The van der Waals surface area contributed by atoms with E-state index in [0.717, 1.165) is 42.2 Å². The molecule has 1 aliphatic rings. The molecule has 0 bridgehead atoms. The SMILES string of the molecule is CCCCCN1C(=O)S/C(=C\c2ccc(OCc3ccc(F)cc3)c(OC)c2)C1=O. The van der Waals surface area contributed by atoms with Crippen LogP contribution in [0.4, 0.5) is 9.18 Å². The first kappa shape index (κ1) is 21.9. The number of benzene rings is 2. The van der Waals surface area contributed by atoms with Crippen molar-refractivity contribution in [3.8, 4) is 11.5 Å². The predicted octanol–water partition coefficient (Wildman–Crippen LogP) is 5.64. The number of hydrogen-bond donors (Lipinski definition) is 0. The number of unbranched alkanes of at least 4 members (excludes halogenated alkanes) is 2. The Labute approximate surface area is 179 Å². The van der Waals surface area contributed by atoms with Crippen LogP contribution in [0, 0.1) is 5.82 Å². The molecule has 0 unspecified atom stereocenters. The quantitative estimate of drug-likeness (QED) is 0.381. The number of carbonyl (C=O) groups excluding carboxylic acids is 2. The van der Waals surface area contributed by atoms with Crippen molar-refractivity contribution in [1.29, 1.82) is 0 Å². The smallest absolute Gasteiger partial charge is 0.293 e. The number of halogens is 1. The van der Waals surface area contributed by atoms with Gasteiger partial charge in [-0.25, -0.2) is 4.39 Å². The Morgan fingerprint density at radius 2 is 1.83 bits per heavy atom. The zero-order valence-electron chi connectivity index (χ0n) is 17.0. The standard InChI is InChI=1S/C23H24FNO4S/c1-3-4-5-12-25-22(26)21(30-23(25)27)14-17-8-11-19(20(13-17)28-2)29-15-16-6-9-18(24)10-7-16/h6-11,13-14H,3-5,12,15H2,1-2H3/b21-14-. The maximum atomic E-state index is 13.0. The van der Waals surface area contributed by atoms with Crippen LogP contribution in [-0.4, -0.2) is 29.7 Å². The molecule has 3 rings (SSSR count). The van der Waals surface area contributed by atoms with Gasteiger partial charge in [-0.15, -0.1) is 0 Å². The van der Waals surface area contributed by atoms with E-state index in [9.17, 15) is 14.0 Å². The molecule has 0 spiro atoms. The number of thioether (sulfide) groups is 1. The highest BCUT2D eigenvalue weighted by Crippen LogP contribution is 2.35. The summed E-state index contributed by atoms with van der Waals surface area (Å²) in [7, 11) is 1.53. The Balaban J connectivity index is 1.70. The van der Waals surface area contributed by atoms with Crippen LogP contribution < -0.4 is 9.47 Å². The molecule has 2 amide bonds. The van der Waals surface area contributed by atoms with Gasteiger partial charge in [0.1, 0.15) is 12.4 Å². The van der Waals surface area contributed by atoms with Crippen LogP contribution in [0.1, 0.15) is 37.3 Å². The lowest BCUT2D eigenvalue weighted by molar-refractivity contribution is -0.122. The van der Waals surface area contributed by atoms with E-state index in [1.165, 1.54) is 24.1 Å². The second-order valence-corrected chi connectivity index (χ2v) is 7.86. The molecular formula is C23H24FNO4S. The molecule has 0 saturated carbocycles. The molecule has 2 aromatic rings. The van der Waals surface area contributed by atoms with Gasteiger partial charge in [0.05, 0.1) is 12.0 Å². The highest BCUT2D eigenvalue weighted by Gasteiger charge is 2.34. The third kappa shape index (κ3) is 5.42. The maximum absolute atomic E-state index is 13.0. The number of methoxy groups -OCH3 is 1. The molecule has 1 aliphatic heterocycles. The van der Waals surface area contributed by atoms with Gasteiger partial charge in [-0.3, -0.25) is 14.5 Å². The zero-order valence-corrected chi connectivity index (χ0v) is 17.8. The minimum atomic E-state index is -0.296. The number of hydrogen-bond acceptors (Lipinski definition) is 5. The van der Waals surface area contributed by atoms with Crippen LogP contribution in [0.5, 0.6) is 11.5 Å². The average Bonchev–Trinajstić information content (AvgIpc) is 3.01. The fraction of sp³-hybridized carbons (Fsp3) is 0.304. The van der Waals surface area contributed by atoms with Crippen molar-refractivity contribution in [2.75, 3.05) is 13.7 Å². The summed E-state index contributed by atoms with van der Waals surface area (Å²) >= 11 is 0.957. The van der Waals surface area contributed by atoms with Crippen molar-refractivity contribution in [1.82, 2.24) is 4.90 Å². The number of rotatable bonds is 9. The van der Waals surface area contributed by atoms with Crippen molar-refractivity contribution < 1.29 is 23.5 Å². The molecule has 1 fully saturated rings. The summed E-state index contributed by atoms with van der Waals surface area (Å²) in [6.45, 7) is 2.80. The summed E-state index contributed by atoms with van der Waals surface area (Å²) in [5.74, 6) is 0.492. The van der Waals surface area contributed by atoms with Crippen LogP contribution in [0.25, 0.3) is 6.08 Å². The van der Waals surface area contributed by atoms with Gasteiger partial charge in [0, 0.05) is 6.54 Å². The second-order valence-electron chi connectivity index (χ2n) is 6.87. The van der Waals surface area contributed by atoms with Crippen molar-refractivity contribution >= 4 is 29.0 Å². The van der Waals surface area contributed by atoms with E-state index in [4.69, 9.17) is 9.47 Å². The minimum absolute atomic E-state index is 0.228. The average molecular weight is 430 g/mol. The fourth-order valence-corrected chi connectivity index (χ4v) is 3.86. The lowest BCUT2D eigenvalue weighted by atomic mass is 10.1. The summed E-state index contributed by atoms with van der Waals surface area (Å²) in [6, 6.07) is 11.4. The molecule has 0 N–H and O–H groups in total. The first-order valence-electron chi connectivity index (χ1n) is 9.82. The van der Waals surface area contributed by atoms with Crippen LogP contribution in [0.2, 0.25) is 0 Å². The largest absolute Gasteiger partial charge is 0.493 e. The Hall–Kier alpha value is -2.80. The normalized spacial score (nSPS) is 15.2. The third-order valence-corrected chi connectivity index (χ3v) is 5.56. The molecule has 2 aromatic carbocycles. The van der Waals surface area contributed by atoms with E-state index in [-0.39, 0.29) is 23.6 Å². The molecule has 0 atom stereocenters. The number of amides is 2. The molecule has 0 radical (unpaired) electrons. The predicted molar refractivity (Wildman–Crippen MR) is 116 cm³/mol. The Kier molecular flexibility index (Phi) is 7.52. The number of nitrogens with zero attached hydrogens (tertiary/aromatic N) is 1. The lowest BCUT2D eigenvalue weighted by Crippen LogP contribution is -2.29. The van der Waals surface area contributed by atoms with Gasteiger partial charge in [-0.2, -0.15) is 0 Å². The monoisotopic (exact) mass is 429 g/mol. The summed E-state index contributed by atoms with van der Waals surface area (Å²) in [4.78, 5) is 26.4. The first-order valence-corrected chi connectivity index (χ1v) is 10.6.